The van der Waals surface area contributed by atoms with Crippen molar-refractivity contribution in [1.82, 2.24) is 5.43 Å². The Morgan fingerprint density at radius 3 is 2.81 bits per heavy atom. The fraction of sp³-hybridized carbons (Fsp3) is 0.0667. The monoisotopic (exact) mass is 350 g/mol. The van der Waals surface area contributed by atoms with Crippen LogP contribution in [0.1, 0.15) is 15.9 Å². The second-order valence-electron chi connectivity index (χ2n) is 4.10. The molecule has 0 heterocycles. The second-order valence-corrected chi connectivity index (χ2v) is 4.96. The molecule has 1 N–H and O–H groups in total. The predicted molar refractivity (Wildman–Crippen MR) is 82.2 cm³/mol. The highest BCUT2D eigenvalue weighted by Crippen LogP contribution is 2.25. The van der Waals surface area contributed by atoms with Crippen molar-refractivity contribution in [3.8, 4) is 5.75 Å². The summed E-state index contributed by atoms with van der Waals surface area (Å²) >= 11 is 3.30. The Morgan fingerprint density at radius 1 is 1.33 bits per heavy atom. The van der Waals surface area contributed by atoms with Crippen LogP contribution in [-0.4, -0.2) is 19.2 Å². The van der Waals surface area contributed by atoms with Crippen molar-refractivity contribution in [3.63, 3.8) is 0 Å². The van der Waals surface area contributed by atoms with Gasteiger partial charge < -0.3 is 4.74 Å². The maximum atomic E-state index is 13.0. The van der Waals surface area contributed by atoms with Gasteiger partial charge in [0.25, 0.3) is 5.91 Å². The zero-order valence-corrected chi connectivity index (χ0v) is 12.7. The van der Waals surface area contributed by atoms with E-state index in [0.29, 0.717) is 21.3 Å². The standard InChI is InChI=1S/C15H12BrFN2O2/c1-21-14-6-5-11(8-13(14)16)15(20)19-18-9-10-3-2-4-12(17)7-10/h2-9H,1H3,(H,19,20)/b18-9+. The van der Waals surface area contributed by atoms with Crippen LogP contribution in [0.25, 0.3) is 0 Å². The number of hydrazone groups is 1. The van der Waals surface area contributed by atoms with E-state index in [1.165, 1.54) is 18.3 Å². The van der Waals surface area contributed by atoms with Crippen molar-refractivity contribution in [2.75, 3.05) is 7.11 Å². The molecule has 0 unspecified atom stereocenters. The second kappa shape index (κ2) is 6.99. The van der Waals surface area contributed by atoms with Gasteiger partial charge in [-0.1, -0.05) is 12.1 Å². The Balaban J connectivity index is 2.03. The highest BCUT2D eigenvalue weighted by Gasteiger charge is 2.07. The lowest BCUT2D eigenvalue weighted by Gasteiger charge is -2.05. The Morgan fingerprint density at radius 2 is 2.14 bits per heavy atom. The number of hydrogen-bond donors (Lipinski definition) is 1. The third kappa shape index (κ3) is 4.13. The van der Waals surface area contributed by atoms with Crippen LogP contribution in [0.2, 0.25) is 0 Å². The molecule has 2 aromatic rings. The van der Waals surface area contributed by atoms with Gasteiger partial charge in [-0.05, 0) is 51.8 Å². The smallest absolute Gasteiger partial charge is 0.271 e. The highest BCUT2D eigenvalue weighted by atomic mass is 79.9. The van der Waals surface area contributed by atoms with Gasteiger partial charge in [0.05, 0.1) is 17.8 Å². The zero-order chi connectivity index (χ0) is 15.2. The summed E-state index contributed by atoms with van der Waals surface area (Å²) in [6.45, 7) is 0. The first-order valence-electron chi connectivity index (χ1n) is 6.02. The minimum atomic E-state index is -0.369. The molecular weight excluding hydrogens is 339 g/mol. The molecule has 108 valence electrons. The lowest BCUT2D eigenvalue weighted by Crippen LogP contribution is -2.17. The molecule has 6 heteroatoms. The molecule has 0 aliphatic heterocycles. The van der Waals surface area contributed by atoms with E-state index in [4.69, 9.17) is 4.74 Å². The number of methoxy groups -OCH3 is 1. The molecule has 0 radical (unpaired) electrons. The molecule has 0 aromatic heterocycles. The number of hydrogen-bond acceptors (Lipinski definition) is 3. The largest absolute Gasteiger partial charge is 0.496 e. The molecule has 0 atom stereocenters. The van der Waals surface area contributed by atoms with Gasteiger partial charge in [-0.2, -0.15) is 5.10 Å². The van der Waals surface area contributed by atoms with Crippen molar-refractivity contribution < 1.29 is 13.9 Å². The summed E-state index contributed by atoms with van der Waals surface area (Å²) < 4.78 is 18.7. The van der Waals surface area contributed by atoms with E-state index in [2.05, 4.69) is 26.5 Å². The fourth-order valence-electron chi connectivity index (χ4n) is 1.62. The molecule has 1 amide bonds. The van der Waals surface area contributed by atoms with E-state index in [-0.39, 0.29) is 11.7 Å². The van der Waals surface area contributed by atoms with Gasteiger partial charge in [0.15, 0.2) is 0 Å². The van der Waals surface area contributed by atoms with Gasteiger partial charge in [-0.3, -0.25) is 4.79 Å². The van der Waals surface area contributed by atoms with E-state index in [1.807, 2.05) is 0 Å². The number of carbonyl (C=O) groups excluding carboxylic acids is 1. The average molecular weight is 351 g/mol. The normalized spacial score (nSPS) is 10.6. The number of amides is 1. The van der Waals surface area contributed by atoms with Gasteiger partial charge in [0.2, 0.25) is 0 Å². The molecule has 0 saturated heterocycles. The molecule has 0 fully saturated rings. The average Bonchev–Trinajstić information content (AvgIpc) is 2.47. The highest BCUT2D eigenvalue weighted by molar-refractivity contribution is 9.10. The van der Waals surface area contributed by atoms with E-state index in [1.54, 1.807) is 37.4 Å². The van der Waals surface area contributed by atoms with Gasteiger partial charge in [-0.15, -0.1) is 0 Å². The number of halogens is 2. The maximum absolute atomic E-state index is 13.0. The SMILES string of the molecule is COc1ccc(C(=O)N/N=C/c2cccc(F)c2)cc1Br. The van der Waals surface area contributed by atoms with Crippen LogP contribution < -0.4 is 10.2 Å². The lowest BCUT2D eigenvalue weighted by atomic mass is 10.2. The first-order chi connectivity index (χ1) is 10.1. The number of carbonyl (C=O) groups is 1. The van der Waals surface area contributed by atoms with Crippen LogP contribution in [0.3, 0.4) is 0 Å². The Bertz CT molecular complexity index is 689. The van der Waals surface area contributed by atoms with E-state index >= 15 is 0 Å². The van der Waals surface area contributed by atoms with Crippen molar-refractivity contribution in [2.45, 2.75) is 0 Å². The van der Waals surface area contributed by atoms with Crippen molar-refractivity contribution in [2.24, 2.45) is 5.10 Å². The third-order valence-electron chi connectivity index (χ3n) is 2.64. The van der Waals surface area contributed by atoms with Gasteiger partial charge in [0, 0.05) is 5.56 Å². The van der Waals surface area contributed by atoms with Crippen LogP contribution in [0, 0.1) is 5.82 Å². The maximum Gasteiger partial charge on any atom is 0.271 e. The van der Waals surface area contributed by atoms with E-state index in [9.17, 15) is 9.18 Å². The van der Waals surface area contributed by atoms with Crippen LogP contribution in [0.15, 0.2) is 52.0 Å². The van der Waals surface area contributed by atoms with Gasteiger partial charge >= 0.3 is 0 Å². The molecule has 2 rings (SSSR count). The summed E-state index contributed by atoms with van der Waals surface area (Å²) in [5.41, 5.74) is 3.37. The fourth-order valence-corrected chi connectivity index (χ4v) is 2.17. The lowest BCUT2D eigenvalue weighted by molar-refractivity contribution is 0.0955. The molecule has 4 nitrogen and oxygen atoms in total. The Labute approximate surface area is 129 Å². The Hall–Kier alpha value is -2.21. The molecule has 21 heavy (non-hydrogen) atoms. The molecular formula is C15H12BrFN2O2. The van der Waals surface area contributed by atoms with Gasteiger partial charge in [0.1, 0.15) is 11.6 Å². The minimum Gasteiger partial charge on any atom is -0.496 e. The molecule has 0 aliphatic rings. The van der Waals surface area contributed by atoms with Crippen LogP contribution in [0.5, 0.6) is 5.75 Å². The quantitative estimate of drug-likeness (QED) is 0.678. The van der Waals surface area contributed by atoms with Crippen molar-refractivity contribution >= 4 is 28.1 Å². The summed E-state index contributed by atoms with van der Waals surface area (Å²) in [5, 5.41) is 3.79. The number of benzene rings is 2. The van der Waals surface area contributed by atoms with Crippen molar-refractivity contribution in [3.05, 3.63) is 63.9 Å². The number of rotatable bonds is 4. The topological polar surface area (TPSA) is 50.7 Å². The first-order valence-corrected chi connectivity index (χ1v) is 6.82. The summed E-state index contributed by atoms with van der Waals surface area (Å²) in [5.74, 6) is -0.0924. The van der Waals surface area contributed by atoms with Crippen LogP contribution in [0.4, 0.5) is 4.39 Å². The minimum absolute atomic E-state index is 0.357. The first kappa shape index (κ1) is 15.2. The Kier molecular flexibility index (Phi) is 5.05. The molecule has 0 spiro atoms. The number of nitrogens with zero attached hydrogens (tertiary/aromatic N) is 1. The molecule has 0 bridgehead atoms. The van der Waals surface area contributed by atoms with E-state index in [0.717, 1.165) is 0 Å². The number of nitrogens with one attached hydrogen (secondary N) is 1. The molecule has 0 saturated carbocycles. The van der Waals surface area contributed by atoms with Gasteiger partial charge in [-0.25, -0.2) is 9.82 Å². The summed E-state index contributed by atoms with van der Waals surface area (Å²) in [6.07, 6.45) is 1.37. The molecule has 2 aromatic carbocycles. The van der Waals surface area contributed by atoms with Crippen LogP contribution >= 0.6 is 15.9 Å². The summed E-state index contributed by atoms with van der Waals surface area (Å²) in [7, 11) is 1.54. The molecule has 0 aliphatic carbocycles. The summed E-state index contributed by atoms with van der Waals surface area (Å²) in [4.78, 5) is 11.9. The predicted octanol–water partition coefficient (Wildman–Crippen LogP) is 3.36. The van der Waals surface area contributed by atoms with Crippen molar-refractivity contribution in [1.29, 1.82) is 0 Å². The summed E-state index contributed by atoms with van der Waals surface area (Å²) in [6, 6.07) is 10.8. The van der Waals surface area contributed by atoms with E-state index < -0.39 is 0 Å². The number of ether oxygens (including phenoxy) is 1. The van der Waals surface area contributed by atoms with Crippen LogP contribution in [-0.2, 0) is 0 Å². The zero-order valence-electron chi connectivity index (χ0n) is 11.1. The third-order valence-corrected chi connectivity index (χ3v) is 3.26.